The van der Waals surface area contributed by atoms with Crippen molar-refractivity contribution in [1.29, 1.82) is 0 Å². The molecule has 84 valence electrons. The second-order valence-electron chi connectivity index (χ2n) is 3.30. The minimum Gasteiger partial charge on any atom is -0.386 e. The van der Waals surface area contributed by atoms with Gasteiger partial charge in [0.2, 0.25) is 0 Å². The maximum atomic E-state index is 11.9. The van der Waals surface area contributed by atoms with Gasteiger partial charge < -0.3 is 5.32 Å². The van der Waals surface area contributed by atoms with Crippen LogP contribution in [0.4, 0.5) is 5.69 Å². The highest BCUT2D eigenvalue weighted by molar-refractivity contribution is 7.92. The summed E-state index contributed by atoms with van der Waals surface area (Å²) in [4.78, 5) is 11.3. The molecule has 1 rings (SSSR count). The van der Waals surface area contributed by atoms with Gasteiger partial charge in [-0.05, 0) is 13.8 Å². The zero-order chi connectivity index (χ0) is 11.6. The van der Waals surface area contributed by atoms with Gasteiger partial charge in [-0.3, -0.25) is 4.79 Å². The Hall–Kier alpha value is -0.880. The second-order valence-corrected chi connectivity index (χ2v) is 6.68. The van der Waals surface area contributed by atoms with Crippen LogP contribution in [0.2, 0.25) is 0 Å². The van der Waals surface area contributed by atoms with E-state index in [1.54, 1.807) is 20.9 Å². The Balaban J connectivity index is 3.39. The number of rotatable bonds is 4. The highest BCUT2D eigenvalue weighted by Gasteiger charge is 2.25. The zero-order valence-electron chi connectivity index (χ0n) is 8.77. The summed E-state index contributed by atoms with van der Waals surface area (Å²) in [5.74, 6) is 0. The van der Waals surface area contributed by atoms with Gasteiger partial charge in [0.25, 0.3) is 0 Å². The standard InChI is InChI=1S/C9H13NO3S2/c1-6(2)15(12,13)8-5-14-7(4-11)9(8)10-3/h4-6,10H,1-3H3. The SMILES string of the molecule is CNc1c(S(=O)(=O)C(C)C)csc1C=O. The van der Waals surface area contributed by atoms with Crippen molar-refractivity contribution in [3.05, 3.63) is 10.3 Å². The van der Waals surface area contributed by atoms with Gasteiger partial charge in [0, 0.05) is 12.4 Å². The lowest BCUT2D eigenvalue weighted by molar-refractivity contribution is 0.112. The molecule has 15 heavy (non-hydrogen) atoms. The molecule has 0 aliphatic carbocycles. The van der Waals surface area contributed by atoms with Gasteiger partial charge in [-0.2, -0.15) is 0 Å². The summed E-state index contributed by atoms with van der Waals surface area (Å²) in [5.41, 5.74) is 0.406. The zero-order valence-corrected chi connectivity index (χ0v) is 10.4. The first-order valence-electron chi connectivity index (χ1n) is 4.43. The quantitative estimate of drug-likeness (QED) is 0.824. The van der Waals surface area contributed by atoms with E-state index in [1.807, 2.05) is 0 Å². The molecule has 4 nitrogen and oxygen atoms in total. The molecule has 0 aliphatic rings. The van der Waals surface area contributed by atoms with Crippen molar-refractivity contribution in [2.24, 2.45) is 0 Å². The number of thiophene rings is 1. The number of sulfone groups is 1. The van der Waals surface area contributed by atoms with E-state index in [2.05, 4.69) is 5.32 Å². The highest BCUT2D eigenvalue weighted by Crippen LogP contribution is 2.32. The molecule has 0 unspecified atom stereocenters. The van der Waals surface area contributed by atoms with Crippen molar-refractivity contribution in [1.82, 2.24) is 0 Å². The largest absolute Gasteiger partial charge is 0.386 e. The monoisotopic (exact) mass is 247 g/mol. The molecule has 1 aromatic rings. The molecule has 1 aromatic heterocycles. The van der Waals surface area contributed by atoms with Gasteiger partial charge in [-0.1, -0.05) is 0 Å². The molecule has 0 aromatic carbocycles. The molecule has 1 N–H and O–H groups in total. The Morgan fingerprint density at radius 3 is 2.47 bits per heavy atom. The van der Waals surface area contributed by atoms with Gasteiger partial charge >= 0.3 is 0 Å². The van der Waals surface area contributed by atoms with Gasteiger partial charge in [0.05, 0.1) is 15.8 Å². The lowest BCUT2D eigenvalue weighted by atomic mass is 10.4. The van der Waals surface area contributed by atoms with Crippen LogP contribution in [0, 0.1) is 0 Å². The summed E-state index contributed by atoms with van der Waals surface area (Å²) in [7, 11) is -1.71. The number of carbonyl (C=O) groups excluding carboxylic acids is 1. The van der Waals surface area contributed by atoms with Crippen molar-refractivity contribution in [2.75, 3.05) is 12.4 Å². The summed E-state index contributed by atoms with van der Waals surface area (Å²) >= 11 is 1.14. The minimum absolute atomic E-state index is 0.215. The Bertz CT molecular complexity index is 460. The van der Waals surface area contributed by atoms with Crippen LogP contribution in [0.25, 0.3) is 0 Å². The molecular formula is C9H13NO3S2. The molecule has 0 radical (unpaired) electrons. The van der Waals surface area contributed by atoms with E-state index in [-0.39, 0.29) is 4.90 Å². The fraction of sp³-hybridized carbons (Fsp3) is 0.444. The Kier molecular flexibility index (Phi) is 3.51. The number of nitrogens with one attached hydrogen (secondary N) is 1. The highest BCUT2D eigenvalue weighted by atomic mass is 32.2. The fourth-order valence-corrected chi connectivity index (χ4v) is 3.64. The Morgan fingerprint density at radius 2 is 2.07 bits per heavy atom. The van der Waals surface area contributed by atoms with Crippen molar-refractivity contribution in [3.8, 4) is 0 Å². The third kappa shape index (κ3) is 2.05. The molecule has 0 bridgehead atoms. The van der Waals surface area contributed by atoms with Crippen LogP contribution in [0.1, 0.15) is 23.5 Å². The molecule has 1 heterocycles. The van der Waals surface area contributed by atoms with E-state index >= 15 is 0 Å². The van der Waals surface area contributed by atoms with E-state index in [1.165, 1.54) is 5.38 Å². The van der Waals surface area contributed by atoms with Gasteiger partial charge in [-0.15, -0.1) is 11.3 Å². The number of aldehydes is 1. The average molecular weight is 247 g/mol. The summed E-state index contributed by atoms with van der Waals surface area (Å²) in [5, 5.41) is 3.77. The lowest BCUT2D eigenvalue weighted by Gasteiger charge is -2.08. The summed E-state index contributed by atoms with van der Waals surface area (Å²) in [6, 6.07) is 0. The summed E-state index contributed by atoms with van der Waals surface area (Å²) in [6.07, 6.45) is 0.663. The predicted octanol–water partition coefficient (Wildman–Crippen LogP) is 1.78. The first-order valence-corrected chi connectivity index (χ1v) is 6.86. The van der Waals surface area contributed by atoms with E-state index in [4.69, 9.17) is 0 Å². The second kappa shape index (κ2) is 4.32. The van der Waals surface area contributed by atoms with Crippen LogP contribution in [0.3, 0.4) is 0 Å². The number of hydrogen-bond acceptors (Lipinski definition) is 5. The van der Waals surface area contributed by atoms with Crippen LogP contribution in [0.15, 0.2) is 10.3 Å². The van der Waals surface area contributed by atoms with Crippen molar-refractivity contribution < 1.29 is 13.2 Å². The van der Waals surface area contributed by atoms with Crippen LogP contribution in [0.5, 0.6) is 0 Å². The molecule has 6 heteroatoms. The van der Waals surface area contributed by atoms with E-state index in [9.17, 15) is 13.2 Å². The molecule has 0 amide bonds. The Morgan fingerprint density at radius 1 is 1.47 bits per heavy atom. The van der Waals surface area contributed by atoms with Crippen LogP contribution in [-0.4, -0.2) is 27.0 Å². The van der Waals surface area contributed by atoms with Crippen LogP contribution >= 0.6 is 11.3 Å². The summed E-state index contributed by atoms with van der Waals surface area (Å²) < 4.78 is 23.8. The smallest absolute Gasteiger partial charge is 0.183 e. The van der Waals surface area contributed by atoms with Gasteiger partial charge in [0.1, 0.15) is 4.90 Å². The summed E-state index contributed by atoms with van der Waals surface area (Å²) in [6.45, 7) is 3.24. The third-order valence-electron chi connectivity index (χ3n) is 2.07. The molecule has 0 spiro atoms. The number of hydrogen-bond donors (Lipinski definition) is 1. The number of anilines is 1. The van der Waals surface area contributed by atoms with Crippen LogP contribution < -0.4 is 5.32 Å². The molecule has 0 saturated carbocycles. The van der Waals surface area contributed by atoms with E-state index < -0.39 is 15.1 Å². The van der Waals surface area contributed by atoms with E-state index in [0.29, 0.717) is 16.9 Å². The third-order valence-corrected chi connectivity index (χ3v) is 5.30. The van der Waals surface area contributed by atoms with Crippen molar-refractivity contribution in [2.45, 2.75) is 24.0 Å². The predicted molar refractivity (Wildman–Crippen MR) is 61.6 cm³/mol. The van der Waals surface area contributed by atoms with Gasteiger partial charge in [0.15, 0.2) is 16.1 Å². The average Bonchev–Trinajstić information content (AvgIpc) is 2.60. The first kappa shape index (κ1) is 12.2. The molecule has 0 aliphatic heterocycles. The minimum atomic E-state index is -3.32. The van der Waals surface area contributed by atoms with Crippen LogP contribution in [-0.2, 0) is 9.84 Å². The first-order chi connectivity index (χ1) is 6.95. The molecular weight excluding hydrogens is 234 g/mol. The number of carbonyl (C=O) groups is 1. The molecule has 0 fully saturated rings. The van der Waals surface area contributed by atoms with E-state index in [0.717, 1.165) is 11.3 Å². The lowest BCUT2D eigenvalue weighted by Crippen LogP contribution is -2.14. The van der Waals surface area contributed by atoms with Crippen molar-refractivity contribution in [3.63, 3.8) is 0 Å². The topological polar surface area (TPSA) is 63.2 Å². The van der Waals surface area contributed by atoms with Gasteiger partial charge in [-0.25, -0.2) is 8.42 Å². The Labute approximate surface area is 93.2 Å². The molecule has 0 saturated heterocycles. The fourth-order valence-electron chi connectivity index (χ4n) is 1.15. The van der Waals surface area contributed by atoms with Crippen molar-refractivity contribution >= 4 is 33.1 Å². The normalized spacial score (nSPS) is 11.7. The maximum Gasteiger partial charge on any atom is 0.183 e. The maximum absolute atomic E-state index is 11.9. The molecule has 0 atom stereocenters.